The highest BCUT2D eigenvalue weighted by Crippen LogP contribution is 2.61. The SMILES string of the molecule is Cc1nc(CC(=O)CC23CC4CC(CC(C4)C2)C3)sc1C. The quantitative estimate of drug-likeness (QED) is 0.821. The smallest absolute Gasteiger partial charge is 0.140 e. The molecule has 0 N–H and O–H groups in total. The van der Waals surface area contributed by atoms with Crippen molar-refractivity contribution in [3.8, 4) is 0 Å². The van der Waals surface area contributed by atoms with E-state index in [9.17, 15) is 4.79 Å². The van der Waals surface area contributed by atoms with Gasteiger partial charge in [-0.15, -0.1) is 11.3 Å². The third-order valence-electron chi connectivity index (χ3n) is 6.16. The van der Waals surface area contributed by atoms with Gasteiger partial charge in [0.15, 0.2) is 0 Å². The van der Waals surface area contributed by atoms with E-state index >= 15 is 0 Å². The molecule has 0 aromatic carbocycles. The second-order valence-electron chi connectivity index (χ2n) is 8.06. The minimum Gasteiger partial charge on any atom is -0.299 e. The maximum absolute atomic E-state index is 12.6. The average molecular weight is 303 g/mol. The Kier molecular flexibility index (Phi) is 3.25. The molecular formula is C18H25NOS. The van der Waals surface area contributed by atoms with Gasteiger partial charge in [-0.3, -0.25) is 4.79 Å². The van der Waals surface area contributed by atoms with Crippen molar-refractivity contribution in [2.24, 2.45) is 23.2 Å². The summed E-state index contributed by atoms with van der Waals surface area (Å²) in [6, 6.07) is 0. The van der Waals surface area contributed by atoms with Crippen molar-refractivity contribution < 1.29 is 4.79 Å². The first-order chi connectivity index (χ1) is 10.0. The van der Waals surface area contributed by atoms with E-state index in [1.54, 1.807) is 11.3 Å². The Hall–Kier alpha value is -0.700. The first-order valence-corrected chi connectivity index (χ1v) is 9.28. The third-order valence-corrected chi connectivity index (χ3v) is 7.23. The molecule has 2 nitrogen and oxygen atoms in total. The van der Waals surface area contributed by atoms with Crippen LogP contribution < -0.4 is 0 Å². The second kappa shape index (κ2) is 4.91. The zero-order valence-electron chi connectivity index (χ0n) is 13.2. The van der Waals surface area contributed by atoms with Crippen molar-refractivity contribution in [2.75, 3.05) is 0 Å². The molecule has 4 fully saturated rings. The number of hydrogen-bond donors (Lipinski definition) is 0. The van der Waals surface area contributed by atoms with Crippen LogP contribution in [0.2, 0.25) is 0 Å². The van der Waals surface area contributed by atoms with Gasteiger partial charge in [-0.2, -0.15) is 0 Å². The van der Waals surface area contributed by atoms with Crippen LogP contribution >= 0.6 is 11.3 Å². The van der Waals surface area contributed by atoms with Crippen LogP contribution in [-0.2, 0) is 11.2 Å². The summed E-state index contributed by atoms with van der Waals surface area (Å²) < 4.78 is 0. The zero-order chi connectivity index (χ0) is 14.6. The van der Waals surface area contributed by atoms with Gasteiger partial charge in [-0.1, -0.05) is 0 Å². The molecule has 1 aromatic heterocycles. The Morgan fingerprint density at radius 3 is 2.19 bits per heavy atom. The summed E-state index contributed by atoms with van der Waals surface area (Å²) >= 11 is 1.70. The fourth-order valence-electron chi connectivity index (χ4n) is 5.77. The first-order valence-electron chi connectivity index (χ1n) is 8.46. The fourth-order valence-corrected chi connectivity index (χ4v) is 6.73. The Labute approximate surface area is 131 Å². The van der Waals surface area contributed by atoms with Crippen LogP contribution in [0.25, 0.3) is 0 Å². The molecule has 4 aliphatic carbocycles. The number of Topliss-reactive ketones (excluding diaryl/α,β-unsaturated/α-hetero) is 1. The summed E-state index contributed by atoms with van der Waals surface area (Å²) in [5, 5.41) is 1.03. The van der Waals surface area contributed by atoms with Gasteiger partial charge in [0.25, 0.3) is 0 Å². The van der Waals surface area contributed by atoms with Crippen LogP contribution in [0.1, 0.15) is 60.5 Å². The lowest BCUT2D eigenvalue weighted by atomic mass is 9.48. The fraction of sp³-hybridized carbons (Fsp3) is 0.778. The standard InChI is InChI=1S/C18H25NOS/c1-11-12(2)21-17(19-11)6-16(20)10-18-7-13-3-14(8-18)5-15(4-13)9-18/h13-15H,3-10H2,1-2H3. The Morgan fingerprint density at radius 2 is 1.71 bits per heavy atom. The lowest BCUT2D eigenvalue weighted by Crippen LogP contribution is -2.47. The summed E-state index contributed by atoms with van der Waals surface area (Å²) in [4.78, 5) is 18.4. The molecule has 1 heterocycles. The van der Waals surface area contributed by atoms with Gasteiger partial charge >= 0.3 is 0 Å². The van der Waals surface area contributed by atoms with Gasteiger partial charge in [0.2, 0.25) is 0 Å². The van der Waals surface area contributed by atoms with Crippen LogP contribution in [-0.4, -0.2) is 10.8 Å². The number of nitrogens with zero attached hydrogens (tertiary/aromatic N) is 1. The number of hydrogen-bond acceptors (Lipinski definition) is 3. The topological polar surface area (TPSA) is 30.0 Å². The number of carbonyl (C=O) groups is 1. The van der Waals surface area contributed by atoms with Crippen molar-refractivity contribution in [2.45, 2.75) is 65.2 Å². The molecule has 0 atom stereocenters. The molecular weight excluding hydrogens is 278 g/mol. The highest BCUT2D eigenvalue weighted by Gasteiger charge is 2.51. The van der Waals surface area contributed by atoms with E-state index in [1.807, 2.05) is 6.92 Å². The normalized spacial score (nSPS) is 37.1. The lowest BCUT2D eigenvalue weighted by molar-refractivity contribution is -0.126. The number of rotatable bonds is 4. The molecule has 0 aliphatic heterocycles. The number of carbonyl (C=O) groups excluding carboxylic acids is 1. The molecule has 0 radical (unpaired) electrons. The number of thiazole rings is 1. The van der Waals surface area contributed by atoms with E-state index < -0.39 is 0 Å². The second-order valence-corrected chi connectivity index (χ2v) is 9.35. The molecule has 1 aromatic rings. The molecule has 0 saturated heterocycles. The van der Waals surface area contributed by atoms with E-state index in [1.165, 1.54) is 43.4 Å². The van der Waals surface area contributed by atoms with Gasteiger partial charge in [-0.25, -0.2) is 4.98 Å². The summed E-state index contributed by atoms with van der Waals surface area (Å²) in [6.45, 7) is 4.14. The highest BCUT2D eigenvalue weighted by atomic mass is 32.1. The van der Waals surface area contributed by atoms with Gasteiger partial charge in [0.1, 0.15) is 10.8 Å². The molecule has 0 amide bonds. The van der Waals surface area contributed by atoms with Crippen molar-refractivity contribution in [3.63, 3.8) is 0 Å². The Balaban J connectivity index is 1.44. The average Bonchev–Trinajstić information content (AvgIpc) is 2.64. The number of ketones is 1. The van der Waals surface area contributed by atoms with Gasteiger partial charge in [0.05, 0.1) is 12.1 Å². The maximum atomic E-state index is 12.6. The van der Waals surface area contributed by atoms with Gasteiger partial charge < -0.3 is 0 Å². The monoisotopic (exact) mass is 303 g/mol. The van der Waals surface area contributed by atoms with E-state index in [2.05, 4.69) is 11.9 Å². The number of aromatic nitrogens is 1. The minimum atomic E-state index is 0.382. The van der Waals surface area contributed by atoms with Gasteiger partial charge in [-0.05, 0) is 75.5 Å². The van der Waals surface area contributed by atoms with E-state index in [4.69, 9.17) is 0 Å². The van der Waals surface area contributed by atoms with Crippen molar-refractivity contribution in [1.82, 2.24) is 4.98 Å². The molecule has 114 valence electrons. The predicted octanol–water partition coefficient (Wildman–Crippen LogP) is 4.48. The van der Waals surface area contributed by atoms with Crippen LogP contribution in [0.4, 0.5) is 0 Å². The summed E-state index contributed by atoms with van der Waals surface area (Å²) in [5.41, 5.74) is 1.48. The molecule has 0 spiro atoms. The van der Waals surface area contributed by atoms with E-state index in [0.29, 0.717) is 17.6 Å². The van der Waals surface area contributed by atoms with Crippen LogP contribution in [0.15, 0.2) is 0 Å². The first kappa shape index (κ1) is 13.9. The molecule has 5 rings (SSSR count). The largest absolute Gasteiger partial charge is 0.299 e. The van der Waals surface area contributed by atoms with Crippen molar-refractivity contribution >= 4 is 17.1 Å². The lowest BCUT2D eigenvalue weighted by Gasteiger charge is -2.56. The van der Waals surface area contributed by atoms with Gasteiger partial charge in [0, 0.05) is 11.3 Å². The van der Waals surface area contributed by atoms with E-state index in [0.717, 1.165) is 34.9 Å². The Bertz CT molecular complexity index is 519. The van der Waals surface area contributed by atoms with Crippen LogP contribution in [0.5, 0.6) is 0 Å². The molecule has 4 aliphatic rings. The maximum Gasteiger partial charge on any atom is 0.140 e. The summed E-state index contributed by atoms with van der Waals surface area (Å²) in [5.74, 6) is 3.25. The van der Waals surface area contributed by atoms with Crippen molar-refractivity contribution in [3.05, 3.63) is 15.6 Å². The Morgan fingerprint density at radius 1 is 1.14 bits per heavy atom. The summed E-state index contributed by atoms with van der Waals surface area (Å²) in [6.07, 6.45) is 9.77. The number of aryl methyl sites for hydroxylation is 2. The van der Waals surface area contributed by atoms with Crippen LogP contribution in [0, 0.1) is 37.0 Å². The highest BCUT2D eigenvalue weighted by molar-refractivity contribution is 7.11. The summed E-state index contributed by atoms with van der Waals surface area (Å²) in [7, 11) is 0. The molecule has 0 unspecified atom stereocenters. The van der Waals surface area contributed by atoms with Crippen LogP contribution in [0.3, 0.4) is 0 Å². The predicted molar refractivity (Wildman–Crippen MR) is 85.5 cm³/mol. The van der Waals surface area contributed by atoms with Crippen molar-refractivity contribution in [1.29, 1.82) is 0 Å². The zero-order valence-corrected chi connectivity index (χ0v) is 14.0. The minimum absolute atomic E-state index is 0.382. The molecule has 21 heavy (non-hydrogen) atoms. The van der Waals surface area contributed by atoms with E-state index in [-0.39, 0.29) is 0 Å². The molecule has 3 heteroatoms. The molecule has 4 saturated carbocycles. The molecule has 4 bridgehead atoms. The third kappa shape index (κ3) is 2.58.